The maximum atomic E-state index is 12.2. The number of rotatable bonds is 2. The summed E-state index contributed by atoms with van der Waals surface area (Å²) in [7, 11) is 0. The van der Waals surface area contributed by atoms with E-state index in [-0.39, 0.29) is 17.3 Å². The first-order valence-electron chi connectivity index (χ1n) is 6.50. The minimum atomic E-state index is -0.244. The molecule has 20 heavy (non-hydrogen) atoms. The van der Waals surface area contributed by atoms with Crippen molar-refractivity contribution in [3.8, 4) is 0 Å². The van der Waals surface area contributed by atoms with Crippen LogP contribution in [-0.2, 0) is 5.41 Å². The highest BCUT2D eigenvalue weighted by molar-refractivity contribution is 6.04. The normalized spacial score (nSPS) is 11.4. The summed E-state index contributed by atoms with van der Waals surface area (Å²) >= 11 is 0. The Morgan fingerprint density at radius 3 is 2.45 bits per heavy atom. The van der Waals surface area contributed by atoms with Gasteiger partial charge in [-0.2, -0.15) is 0 Å². The number of aryl methyl sites for hydroxylation is 2. The second-order valence-corrected chi connectivity index (χ2v) is 5.93. The highest BCUT2D eigenvalue weighted by atomic mass is 16.4. The molecule has 0 saturated heterocycles. The predicted molar refractivity (Wildman–Crippen MR) is 76.9 cm³/mol. The average molecular weight is 273 g/mol. The Labute approximate surface area is 118 Å². The van der Waals surface area contributed by atoms with Gasteiger partial charge in [0.2, 0.25) is 5.89 Å². The van der Waals surface area contributed by atoms with E-state index in [1.807, 2.05) is 46.8 Å². The van der Waals surface area contributed by atoms with Crippen LogP contribution in [0.25, 0.3) is 0 Å². The summed E-state index contributed by atoms with van der Waals surface area (Å²) in [5.41, 5.74) is 2.39. The number of carbonyl (C=O) groups is 1. The molecule has 0 radical (unpaired) electrons. The summed E-state index contributed by atoms with van der Waals surface area (Å²) in [6, 6.07) is 5.78. The number of hydrogen-bond donors (Lipinski definition) is 1. The molecule has 0 fully saturated rings. The first-order chi connectivity index (χ1) is 9.27. The number of nitrogens with zero attached hydrogens (tertiary/aromatic N) is 2. The van der Waals surface area contributed by atoms with Crippen LogP contribution < -0.4 is 5.32 Å². The van der Waals surface area contributed by atoms with E-state index in [1.165, 1.54) is 0 Å². The van der Waals surface area contributed by atoms with Gasteiger partial charge < -0.3 is 4.42 Å². The van der Waals surface area contributed by atoms with Crippen LogP contribution in [0.15, 0.2) is 22.6 Å². The van der Waals surface area contributed by atoms with Gasteiger partial charge in [-0.1, -0.05) is 43.6 Å². The number of hydrogen-bond acceptors (Lipinski definition) is 4. The molecule has 5 nitrogen and oxygen atoms in total. The smallest absolute Gasteiger partial charge is 0.322 e. The van der Waals surface area contributed by atoms with Gasteiger partial charge in [-0.15, -0.1) is 5.10 Å². The van der Waals surface area contributed by atoms with Crippen molar-refractivity contribution < 1.29 is 9.21 Å². The standard InChI is InChI=1S/C15H19N3O2/c1-9-6-7-11(10(2)8-9)12(19)16-14-18-17-13(20-14)15(3,4)5/h6-8H,1-5H3,(H,16,18,19). The van der Waals surface area contributed by atoms with Gasteiger partial charge in [-0.3, -0.25) is 10.1 Å². The zero-order valence-corrected chi connectivity index (χ0v) is 12.4. The molecular weight excluding hydrogens is 254 g/mol. The summed E-state index contributed by atoms with van der Waals surface area (Å²) in [4.78, 5) is 12.2. The van der Waals surface area contributed by atoms with Crippen molar-refractivity contribution in [3.63, 3.8) is 0 Å². The number of aromatic nitrogens is 2. The van der Waals surface area contributed by atoms with Crippen LogP contribution in [0, 0.1) is 13.8 Å². The molecule has 1 aromatic heterocycles. The van der Waals surface area contributed by atoms with E-state index < -0.39 is 0 Å². The van der Waals surface area contributed by atoms with Gasteiger partial charge in [0, 0.05) is 11.0 Å². The third-order valence-corrected chi connectivity index (χ3v) is 2.91. The summed E-state index contributed by atoms with van der Waals surface area (Å²) in [6.07, 6.45) is 0. The fourth-order valence-corrected chi connectivity index (χ4v) is 1.81. The van der Waals surface area contributed by atoms with Crippen LogP contribution in [0.3, 0.4) is 0 Å². The van der Waals surface area contributed by atoms with E-state index in [4.69, 9.17) is 4.42 Å². The molecule has 2 rings (SSSR count). The Bertz CT molecular complexity index is 639. The minimum Gasteiger partial charge on any atom is -0.407 e. The molecule has 0 aliphatic heterocycles. The molecule has 106 valence electrons. The monoisotopic (exact) mass is 273 g/mol. The molecule has 5 heteroatoms. The fraction of sp³-hybridized carbons (Fsp3) is 0.400. The van der Waals surface area contributed by atoms with Crippen LogP contribution in [-0.4, -0.2) is 16.1 Å². The Morgan fingerprint density at radius 1 is 1.20 bits per heavy atom. The molecular formula is C15H19N3O2. The molecule has 1 amide bonds. The van der Waals surface area contributed by atoms with Crippen molar-refractivity contribution in [3.05, 3.63) is 40.8 Å². The van der Waals surface area contributed by atoms with E-state index in [1.54, 1.807) is 6.07 Å². The Kier molecular flexibility index (Phi) is 3.61. The topological polar surface area (TPSA) is 68.0 Å². The Balaban J connectivity index is 2.17. The summed E-state index contributed by atoms with van der Waals surface area (Å²) in [5.74, 6) is 0.250. The van der Waals surface area contributed by atoms with Crippen molar-refractivity contribution in [2.75, 3.05) is 5.32 Å². The third-order valence-electron chi connectivity index (χ3n) is 2.91. The zero-order valence-electron chi connectivity index (χ0n) is 12.4. The van der Waals surface area contributed by atoms with Crippen LogP contribution in [0.4, 0.5) is 6.01 Å². The SMILES string of the molecule is Cc1ccc(C(=O)Nc2nnc(C(C)(C)C)o2)c(C)c1. The highest BCUT2D eigenvalue weighted by Crippen LogP contribution is 2.22. The van der Waals surface area contributed by atoms with Crippen molar-refractivity contribution in [2.24, 2.45) is 0 Å². The van der Waals surface area contributed by atoms with Crippen LogP contribution in [0.1, 0.15) is 48.1 Å². The molecule has 0 spiro atoms. The largest absolute Gasteiger partial charge is 0.407 e. The second kappa shape index (κ2) is 5.07. The highest BCUT2D eigenvalue weighted by Gasteiger charge is 2.22. The quantitative estimate of drug-likeness (QED) is 0.912. The van der Waals surface area contributed by atoms with Crippen LogP contribution in [0.2, 0.25) is 0 Å². The van der Waals surface area contributed by atoms with Crippen LogP contribution in [0.5, 0.6) is 0 Å². The molecule has 0 aliphatic rings. The third kappa shape index (κ3) is 3.04. The van der Waals surface area contributed by atoms with Crippen molar-refractivity contribution >= 4 is 11.9 Å². The minimum absolute atomic E-state index is 0.125. The molecule has 1 heterocycles. The molecule has 0 bridgehead atoms. The van der Waals surface area contributed by atoms with E-state index in [0.717, 1.165) is 11.1 Å². The molecule has 1 N–H and O–H groups in total. The Hall–Kier alpha value is -2.17. The van der Waals surface area contributed by atoms with Gasteiger partial charge in [0.05, 0.1) is 0 Å². The summed E-state index contributed by atoms with van der Waals surface area (Å²) in [5, 5.41) is 10.4. The van der Waals surface area contributed by atoms with Gasteiger partial charge >= 0.3 is 6.01 Å². The molecule has 0 aliphatic carbocycles. The lowest BCUT2D eigenvalue weighted by atomic mass is 9.97. The van der Waals surface area contributed by atoms with Gasteiger partial charge in [-0.25, -0.2) is 0 Å². The van der Waals surface area contributed by atoms with Crippen molar-refractivity contribution in [1.29, 1.82) is 0 Å². The van der Waals surface area contributed by atoms with Gasteiger partial charge in [0.25, 0.3) is 5.91 Å². The predicted octanol–water partition coefficient (Wildman–Crippen LogP) is 3.24. The fourth-order valence-electron chi connectivity index (χ4n) is 1.81. The number of anilines is 1. The molecule has 1 aromatic carbocycles. The Morgan fingerprint density at radius 2 is 1.90 bits per heavy atom. The van der Waals surface area contributed by atoms with E-state index in [2.05, 4.69) is 15.5 Å². The zero-order chi connectivity index (χ0) is 14.9. The number of amides is 1. The molecule has 0 unspecified atom stereocenters. The lowest BCUT2D eigenvalue weighted by Gasteiger charge is -2.11. The molecule has 2 aromatic rings. The van der Waals surface area contributed by atoms with Crippen molar-refractivity contribution in [1.82, 2.24) is 10.2 Å². The first kappa shape index (κ1) is 14.2. The van der Waals surface area contributed by atoms with E-state index in [0.29, 0.717) is 11.5 Å². The lowest BCUT2D eigenvalue weighted by Crippen LogP contribution is -2.14. The summed E-state index contributed by atoms with van der Waals surface area (Å²) in [6.45, 7) is 9.79. The lowest BCUT2D eigenvalue weighted by molar-refractivity contribution is 0.102. The summed E-state index contributed by atoms with van der Waals surface area (Å²) < 4.78 is 5.45. The molecule has 0 saturated carbocycles. The van der Waals surface area contributed by atoms with E-state index >= 15 is 0 Å². The van der Waals surface area contributed by atoms with Gasteiger partial charge in [0.15, 0.2) is 0 Å². The maximum absolute atomic E-state index is 12.2. The number of benzene rings is 1. The van der Waals surface area contributed by atoms with Crippen LogP contribution >= 0.6 is 0 Å². The first-order valence-corrected chi connectivity index (χ1v) is 6.50. The second-order valence-electron chi connectivity index (χ2n) is 5.93. The maximum Gasteiger partial charge on any atom is 0.322 e. The average Bonchev–Trinajstić information content (AvgIpc) is 2.76. The van der Waals surface area contributed by atoms with Crippen molar-refractivity contribution in [2.45, 2.75) is 40.0 Å². The molecule has 0 atom stereocenters. The number of carbonyl (C=O) groups excluding carboxylic acids is 1. The number of nitrogens with one attached hydrogen (secondary N) is 1. The van der Waals surface area contributed by atoms with E-state index in [9.17, 15) is 4.79 Å². The van der Waals surface area contributed by atoms with Gasteiger partial charge in [0.1, 0.15) is 0 Å². The van der Waals surface area contributed by atoms with Gasteiger partial charge in [-0.05, 0) is 25.5 Å².